The highest BCUT2D eigenvalue weighted by atomic mass is 16.5. The first-order valence-corrected chi connectivity index (χ1v) is 10.1. The lowest BCUT2D eigenvalue weighted by atomic mass is 10.1. The summed E-state index contributed by atoms with van der Waals surface area (Å²) in [6, 6.07) is 8.38. The van der Waals surface area contributed by atoms with E-state index in [0.717, 1.165) is 54.9 Å². The van der Waals surface area contributed by atoms with Gasteiger partial charge in [-0.1, -0.05) is 35.8 Å². The molecule has 28 heavy (non-hydrogen) atoms. The number of allylic oxidation sites excluding steroid dienone is 1. The van der Waals surface area contributed by atoms with Gasteiger partial charge in [0.2, 0.25) is 0 Å². The lowest BCUT2D eigenvalue weighted by Crippen LogP contribution is -2.37. The topological polar surface area (TPSA) is 70.4 Å². The van der Waals surface area contributed by atoms with Crippen LogP contribution in [0.3, 0.4) is 0 Å². The van der Waals surface area contributed by atoms with E-state index in [9.17, 15) is 4.79 Å². The Morgan fingerprint density at radius 1 is 1.25 bits per heavy atom. The molecule has 2 N–H and O–H groups in total. The van der Waals surface area contributed by atoms with Crippen LogP contribution in [0.1, 0.15) is 66.0 Å². The minimum atomic E-state index is -0.173. The van der Waals surface area contributed by atoms with Gasteiger partial charge in [0.1, 0.15) is 5.76 Å². The molecule has 4 rings (SSSR count). The molecule has 2 aromatic rings. The van der Waals surface area contributed by atoms with E-state index in [4.69, 9.17) is 4.52 Å². The van der Waals surface area contributed by atoms with E-state index >= 15 is 0 Å². The van der Waals surface area contributed by atoms with Crippen molar-refractivity contribution in [2.24, 2.45) is 0 Å². The second-order valence-electron chi connectivity index (χ2n) is 7.81. The lowest BCUT2D eigenvalue weighted by molar-refractivity contribution is 0.0953. The molecule has 1 amide bonds. The Hall–Kier alpha value is -2.60. The maximum absolute atomic E-state index is 12.9. The van der Waals surface area contributed by atoms with E-state index in [1.165, 1.54) is 17.5 Å². The molecule has 1 aliphatic heterocycles. The van der Waals surface area contributed by atoms with Crippen LogP contribution in [-0.4, -0.2) is 22.1 Å². The molecule has 6 heteroatoms. The van der Waals surface area contributed by atoms with Crippen LogP contribution in [0.2, 0.25) is 0 Å². The Morgan fingerprint density at radius 2 is 2.04 bits per heavy atom. The van der Waals surface area contributed by atoms with Crippen molar-refractivity contribution in [2.75, 3.05) is 0 Å². The van der Waals surface area contributed by atoms with Crippen LogP contribution in [0, 0.1) is 6.92 Å². The van der Waals surface area contributed by atoms with Crippen LogP contribution in [0.4, 0.5) is 0 Å². The molecular weight excluding hydrogens is 352 g/mol. The van der Waals surface area contributed by atoms with Crippen molar-refractivity contribution in [3.05, 3.63) is 63.8 Å². The molecule has 2 heterocycles. The smallest absolute Gasteiger partial charge is 0.277 e. The number of nitrogens with one attached hydrogen (secondary N) is 2. The largest absolute Gasteiger partial charge is 0.360 e. The zero-order valence-corrected chi connectivity index (χ0v) is 16.8. The highest BCUT2D eigenvalue weighted by molar-refractivity contribution is 5.95. The molecule has 0 spiro atoms. The van der Waals surface area contributed by atoms with Crippen molar-refractivity contribution in [3.8, 4) is 0 Å². The highest BCUT2D eigenvalue weighted by Crippen LogP contribution is 2.25. The summed E-state index contributed by atoms with van der Waals surface area (Å²) in [7, 11) is 0. The van der Waals surface area contributed by atoms with Crippen molar-refractivity contribution >= 4 is 5.91 Å². The Balaban J connectivity index is 1.52. The van der Waals surface area contributed by atoms with Crippen molar-refractivity contribution in [2.45, 2.75) is 65.5 Å². The average molecular weight is 380 g/mol. The Kier molecular flexibility index (Phi) is 5.22. The standard InChI is InChI=1S/C22H28N4O2/c1-14-9-7-8-10-17(14)13-26-16(3)20(15(2)24-26)23-22(27)21-18-11-5-4-6-12-19(18)28-25-21/h7-10,15,24H,4-6,11-13H2,1-3H3,(H,23,27)/t15-/m0/s1. The van der Waals surface area contributed by atoms with Crippen molar-refractivity contribution in [1.82, 2.24) is 20.9 Å². The molecule has 1 aromatic heterocycles. The SMILES string of the molecule is CC1=C(NC(=O)c2noc3c2CCCCC3)[C@H](C)NN1Cc1ccccc1C. The van der Waals surface area contributed by atoms with E-state index in [0.29, 0.717) is 5.69 Å². The summed E-state index contributed by atoms with van der Waals surface area (Å²) in [5.41, 5.74) is 9.32. The first-order chi connectivity index (χ1) is 13.5. The van der Waals surface area contributed by atoms with Crippen LogP contribution in [0.5, 0.6) is 0 Å². The number of amides is 1. The first-order valence-electron chi connectivity index (χ1n) is 10.1. The maximum atomic E-state index is 12.9. The quantitative estimate of drug-likeness (QED) is 0.793. The normalized spacial score (nSPS) is 19.5. The predicted molar refractivity (Wildman–Crippen MR) is 107 cm³/mol. The van der Waals surface area contributed by atoms with Crippen LogP contribution in [0.15, 0.2) is 40.2 Å². The van der Waals surface area contributed by atoms with Crippen molar-refractivity contribution in [1.29, 1.82) is 0 Å². The number of aryl methyl sites for hydroxylation is 2. The molecule has 0 fully saturated rings. The van der Waals surface area contributed by atoms with Gasteiger partial charge in [-0.05, 0) is 51.2 Å². The van der Waals surface area contributed by atoms with Gasteiger partial charge in [0.15, 0.2) is 5.69 Å². The molecule has 1 aromatic carbocycles. The fourth-order valence-electron chi connectivity index (χ4n) is 4.10. The summed E-state index contributed by atoms with van der Waals surface area (Å²) in [5.74, 6) is 0.708. The summed E-state index contributed by atoms with van der Waals surface area (Å²) in [6.45, 7) is 6.96. The van der Waals surface area contributed by atoms with Crippen LogP contribution in [-0.2, 0) is 19.4 Å². The van der Waals surface area contributed by atoms with Gasteiger partial charge in [0.25, 0.3) is 5.91 Å². The third kappa shape index (κ3) is 3.56. The molecule has 1 atom stereocenters. The van der Waals surface area contributed by atoms with Gasteiger partial charge in [0, 0.05) is 17.7 Å². The molecule has 0 unspecified atom stereocenters. The van der Waals surface area contributed by atoms with Gasteiger partial charge >= 0.3 is 0 Å². The Bertz CT molecular complexity index is 915. The number of hydrogen-bond acceptors (Lipinski definition) is 5. The molecular formula is C22H28N4O2. The minimum Gasteiger partial charge on any atom is -0.360 e. The number of nitrogens with zero attached hydrogens (tertiary/aromatic N) is 2. The number of carbonyl (C=O) groups is 1. The highest BCUT2D eigenvalue weighted by Gasteiger charge is 2.30. The number of fused-ring (bicyclic) bond motifs is 1. The third-order valence-electron chi connectivity index (χ3n) is 5.83. The number of hydrazine groups is 1. The molecule has 1 aliphatic carbocycles. The van der Waals surface area contributed by atoms with Gasteiger partial charge in [-0.25, -0.2) is 5.43 Å². The van der Waals surface area contributed by atoms with Gasteiger partial charge in [0.05, 0.1) is 18.3 Å². The van der Waals surface area contributed by atoms with E-state index in [1.54, 1.807) is 0 Å². The molecule has 148 valence electrons. The number of carbonyl (C=O) groups excluding carboxylic acids is 1. The fraction of sp³-hybridized carbons (Fsp3) is 0.455. The predicted octanol–water partition coefficient (Wildman–Crippen LogP) is 3.62. The monoisotopic (exact) mass is 380 g/mol. The summed E-state index contributed by atoms with van der Waals surface area (Å²) in [6.07, 6.45) is 5.09. The Labute approximate surface area is 165 Å². The van der Waals surface area contributed by atoms with Crippen molar-refractivity contribution < 1.29 is 9.32 Å². The lowest BCUT2D eigenvalue weighted by Gasteiger charge is -2.22. The maximum Gasteiger partial charge on any atom is 0.277 e. The van der Waals surface area contributed by atoms with Crippen LogP contribution < -0.4 is 10.7 Å². The second kappa shape index (κ2) is 7.80. The molecule has 0 saturated heterocycles. The molecule has 2 aliphatic rings. The van der Waals surface area contributed by atoms with E-state index < -0.39 is 0 Å². The summed E-state index contributed by atoms with van der Waals surface area (Å²) in [5, 5.41) is 9.29. The number of benzene rings is 1. The molecule has 0 saturated carbocycles. The zero-order valence-electron chi connectivity index (χ0n) is 16.8. The average Bonchev–Trinajstić information content (AvgIpc) is 3.09. The second-order valence-corrected chi connectivity index (χ2v) is 7.81. The minimum absolute atomic E-state index is 0.0264. The summed E-state index contributed by atoms with van der Waals surface area (Å²) >= 11 is 0. The van der Waals surface area contributed by atoms with E-state index in [2.05, 4.69) is 53.0 Å². The van der Waals surface area contributed by atoms with E-state index in [-0.39, 0.29) is 11.9 Å². The van der Waals surface area contributed by atoms with Gasteiger partial charge in [-0.2, -0.15) is 0 Å². The van der Waals surface area contributed by atoms with Gasteiger partial charge in [-0.3, -0.25) is 4.79 Å². The fourth-order valence-corrected chi connectivity index (χ4v) is 4.10. The Morgan fingerprint density at radius 3 is 2.86 bits per heavy atom. The van der Waals surface area contributed by atoms with Crippen LogP contribution in [0.25, 0.3) is 0 Å². The summed E-state index contributed by atoms with van der Waals surface area (Å²) in [4.78, 5) is 12.9. The molecule has 0 bridgehead atoms. The van der Waals surface area contributed by atoms with Crippen LogP contribution >= 0.6 is 0 Å². The number of rotatable bonds is 4. The number of aromatic nitrogens is 1. The third-order valence-corrected chi connectivity index (χ3v) is 5.83. The van der Waals surface area contributed by atoms with Crippen molar-refractivity contribution in [3.63, 3.8) is 0 Å². The molecule has 0 radical (unpaired) electrons. The number of hydrogen-bond donors (Lipinski definition) is 2. The van der Waals surface area contributed by atoms with Gasteiger partial charge < -0.3 is 14.8 Å². The summed E-state index contributed by atoms with van der Waals surface area (Å²) < 4.78 is 5.47. The first kappa shape index (κ1) is 18.7. The van der Waals surface area contributed by atoms with E-state index in [1.807, 2.05) is 13.0 Å². The zero-order chi connectivity index (χ0) is 19.7. The molecule has 6 nitrogen and oxygen atoms in total. The van der Waals surface area contributed by atoms with Gasteiger partial charge in [-0.15, -0.1) is 0 Å².